The van der Waals surface area contributed by atoms with Crippen molar-refractivity contribution in [2.75, 3.05) is 0 Å². The zero-order valence-corrected chi connectivity index (χ0v) is 10.4. The van der Waals surface area contributed by atoms with Gasteiger partial charge in [-0.1, -0.05) is 30.3 Å². The second-order valence-corrected chi connectivity index (χ2v) is 4.38. The highest BCUT2D eigenvalue weighted by atomic mass is 16.1. The molecule has 0 N–H and O–H groups in total. The maximum atomic E-state index is 12.5. The van der Waals surface area contributed by atoms with Crippen molar-refractivity contribution >= 4 is 11.4 Å². The van der Waals surface area contributed by atoms with E-state index in [4.69, 9.17) is 0 Å². The Bertz CT molecular complexity index is 813. The Kier molecular flexibility index (Phi) is 2.56. The third kappa shape index (κ3) is 1.78. The van der Waals surface area contributed by atoms with Gasteiger partial charge in [-0.05, 0) is 6.07 Å². The molecule has 19 heavy (non-hydrogen) atoms. The molecule has 4 nitrogen and oxygen atoms in total. The van der Waals surface area contributed by atoms with Gasteiger partial charge in [-0.3, -0.25) is 14.0 Å². The van der Waals surface area contributed by atoms with E-state index in [0.717, 1.165) is 0 Å². The number of hydrogen-bond donors (Lipinski definition) is 0. The van der Waals surface area contributed by atoms with Gasteiger partial charge < -0.3 is 4.57 Å². The zero-order valence-electron chi connectivity index (χ0n) is 10.4. The summed E-state index contributed by atoms with van der Waals surface area (Å²) in [7, 11) is 1.82. The molecule has 0 spiro atoms. The van der Waals surface area contributed by atoms with Crippen LogP contribution in [-0.4, -0.2) is 14.8 Å². The highest BCUT2D eigenvalue weighted by molar-refractivity contribution is 6.12. The minimum Gasteiger partial charge on any atom is -0.335 e. The van der Waals surface area contributed by atoms with Gasteiger partial charge in [0.05, 0.1) is 5.56 Å². The van der Waals surface area contributed by atoms with E-state index in [0.29, 0.717) is 16.8 Å². The third-order valence-electron chi connectivity index (χ3n) is 3.15. The second kappa shape index (κ2) is 4.24. The van der Waals surface area contributed by atoms with Crippen LogP contribution < -0.4 is 5.56 Å². The van der Waals surface area contributed by atoms with Crippen LogP contribution in [0.25, 0.3) is 5.65 Å². The van der Waals surface area contributed by atoms with Gasteiger partial charge in [-0.2, -0.15) is 0 Å². The average molecular weight is 252 g/mol. The first-order chi connectivity index (χ1) is 9.18. The van der Waals surface area contributed by atoms with E-state index < -0.39 is 0 Å². The zero-order chi connectivity index (χ0) is 13.4. The summed E-state index contributed by atoms with van der Waals surface area (Å²) in [5.41, 5.74) is 1.61. The Hall–Kier alpha value is -2.62. The van der Waals surface area contributed by atoms with Gasteiger partial charge in [0.2, 0.25) is 0 Å². The molecule has 4 heteroatoms. The Balaban J connectivity index is 2.27. The quantitative estimate of drug-likeness (QED) is 0.653. The van der Waals surface area contributed by atoms with Crippen LogP contribution in [-0.2, 0) is 7.05 Å². The number of fused-ring (bicyclic) bond motifs is 1. The van der Waals surface area contributed by atoms with E-state index in [1.165, 1.54) is 10.5 Å². The van der Waals surface area contributed by atoms with E-state index in [-0.39, 0.29) is 11.3 Å². The molecule has 0 atom stereocenters. The number of ketones is 1. The van der Waals surface area contributed by atoms with Gasteiger partial charge >= 0.3 is 0 Å². The summed E-state index contributed by atoms with van der Waals surface area (Å²) in [6, 6.07) is 12.1. The molecule has 0 saturated carbocycles. The lowest BCUT2D eigenvalue weighted by Crippen LogP contribution is -2.15. The molecule has 0 amide bonds. The van der Waals surface area contributed by atoms with Crippen molar-refractivity contribution in [1.29, 1.82) is 0 Å². The third-order valence-corrected chi connectivity index (χ3v) is 3.15. The predicted molar refractivity (Wildman–Crippen MR) is 72.5 cm³/mol. The molecular weight excluding hydrogens is 240 g/mol. The first-order valence-corrected chi connectivity index (χ1v) is 5.95. The van der Waals surface area contributed by atoms with Crippen molar-refractivity contribution in [3.63, 3.8) is 0 Å². The number of pyridine rings is 1. The fourth-order valence-corrected chi connectivity index (χ4v) is 2.21. The van der Waals surface area contributed by atoms with Crippen molar-refractivity contribution in [1.82, 2.24) is 8.97 Å². The normalized spacial score (nSPS) is 10.8. The average Bonchev–Trinajstić information content (AvgIpc) is 2.83. The Morgan fingerprint density at radius 2 is 1.74 bits per heavy atom. The molecule has 2 heterocycles. The molecule has 3 rings (SSSR count). The van der Waals surface area contributed by atoms with Crippen LogP contribution in [0.2, 0.25) is 0 Å². The summed E-state index contributed by atoms with van der Waals surface area (Å²) in [6.07, 6.45) is 3.43. The summed E-state index contributed by atoms with van der Waals surface area (Å²) in [5.74, 6) is -0.0834. The van der Waals surface area contributed by atoms with Gasteiger partial charge in [0, 0.05) is 31.1 Å². The molecule has 1 aromatic carbocycles. The van der Waals surface area contributed by atoms with Crippen LogP contribution in [0.3, 0.4) is 0 Å². The first kappa shape index (κ1) is 11.5. The number of benzene rings is 1. The number of aryl methyl sites for hydroxylation is 1. The molecule has 0 bridgehead atoms. The van der Waals surface area contributed by atoms with Crippen LogP contribution in [0.1, 0.15) is 15.9 Å². The monoisotopic (exact) mass is 252 g/mol. The molecule has 0 saturated heterocycles. The Labute approximate surface area is 109 Å². The molecule has 0 fully saturated rings. The summed E-state index contributed by atoms with van der Waals surface area (Å²) in [4.78, 5) is 24.2. The van der Waals surface area contributed by atoms with E-state index in [1.807, 2.05) is 25.2 Å². The van der Waals surface area contributed by atoms with Crippen LogP contribution >= 0.6 is 0 Å². The van der Waals surface area contributed by atoms with Crippen molar-refractivity contribution in [2.24, 2.45) is 7.05 Å². The number of carbonyl (C=O) groups is 1. The van der Waals surface area contributed by atoms with E-state index in [2.05, 4.69) is 0 Å². The van der Waals surface area contributed by atoms with Crippen molar-refractivity contribution in [3.8, 4) is 0 Å². The smallest absolute Gasteiger partial charge is 0.256 e. The maximum Gasteiger partial charge on any atom is 0.256 e. The topological polar surface area (TPSA) is 43.5 Å². The highest BCUT2D eigenvalue weighted by Gasteiger charge is 2.15. The van der Waals surface area contributed by atoms with Crippen molar-refractivity contribution in [3.05, 3.63) is 76.3 Å². The van der Waals surface area contributed by atoms with E-state index in [1.54, 1.807) is 35.2 Å². The minimum atomic E-state index is -0.139. The lowest BCUT2D eigenvalue weighted by Gasteiger charge is -2.05. The number of hydrogen-bond acceptors (Lipinski definition) is 2. The first-order valence-electron chi connectivity index (χ1n) is 5.95. The summed E-state index contributed by atoms with van der Waals surface area (Å²) in [5, 5.41) is 0. The number of aromatic nitrogens is 2. The Morgan fingerprint density at radius 3 is 2.47 bits per heavy atom. The minimum absolute atomic E-state index is 0.0834. The molecule has 0 radical (unpaired) electrons. The van der Waals surface area contributed by atoms with Crippen molar-refractivity contribution in [2.45, 2.75) is 0 Å². The lowest BCUT2D eigenvalue weighted by atomic mass is 10.0. The largest absolute Gasteiger partial charge is 0.335 e. The highest BCUT2D eigenvalue weighted by Crippen LogP contribution is 2.14. The van der Waals surface area contributed by atoms with Crippen LogP contribution in [0.5, 0.6) is 0 Å². The SMILES string of the molecule is Cn1ccn2c(=O)ccc(C(=O)c3ccccc3)c12. The van der Waals surface area contributed by atoms with E-state index >= 15 is 0 Å². The predicted octanol–water partition coefficient (Wildman–Crippen LogP) is 1.87. The van der Waals surface area contributed by atoms with Gasteiger partial charge in [0.25, 0.3) is 5.56 Å². The molecule has 3 aromatic rings. The summed E-state index contributed by atoms with van der Waals surface area (Å²) >= 11 is 0. The number of carbonyl (C=O) groups excluding carboxylic acids is 1. The van der Waals surface area contributed by atoms with Gasteiger partial charge in [0.15, 0.2) is 5.78 Å². The summed E-state index contributed by atoms with van der Waals surface area (Å²) < 4.78 is 3.26. The number of nitrogens with zero attached hydrogens (tertiary/aromatic N) is 2. The van der Waals surface area contributed by atoms with Crippen molar-refractivity contribution < 1.29 is 4.79 Å². The number of rotatable bonds is 2. The fraction of sp³-hybridized carbons (Fsp3) is 0.0667. The molecule has 0 aliphatic rings. The molecule has 0 unspecified atom stereocenters. The fourth-order valence-electron chi connectivity index (χ4n) is 2.21. The summed E-state index contributed by atoms with van der Waals surface area (Å²) in [6.45, 7) is 0. The van der Waals surface area contributed by atoms with Gasteiger partial charge in [0.1, 0.15) is 5.65 Å². The Morgan fingerprint density at radius 1 is 1.00 bits per heavy atom. The van der Waals surface area contributed by atoms with Gasteiger partial charge in [-0.25, -0.2) is 0 Å². The maximum absolute atomic E-state index is 12.5. The molecule has 0 aliphatic carbocycles. The van der Waals surface area contributed by atoms with Crippen LogP contribution in [0.4, 0.5) is 0 Å². The number of imidazole rings is 1. The molecular formula is C15H12N2O2. The van der Waals surface area contributed by atoms with Gasteiger partial charge in [-0.15, -0.1) is 0 Å². The van der Waals surface area contributed by atoms with E-state index in [9.17, 15) is 9.59 Å². The molecule has 2 aromatic heterocycles. The standard InChI is InChI=1S/C15H12N2O2/c1-16-9-10-17-13(18)8-7-12(15(16)17)14(19)11-5-3-2-4-6-11/h2-10H,1H3. The lowest BCUT2D eigenvalue weighted by molar-refractivity contribution is 0.103. The van der Waals surface area contributed by atoms with Crippen LogP contribution in [0.15, 0.2) is 59.7 Å². The molecule has 0 aliphatic heterocycles. The molecule has 94 valence electrons. The second-order valence-electron chi connectivity index (χ2n) is 4.38. The van der Waals surface area contributed by atoms with Crippen LogP contribution in [0, 0.1) is 0 Å².